The van der Waals surface area contributed by atoms with Gasteiger partial charge in [0.2, 0.25) is 0 Å². The lowest BCUT2D eigenvalue weighted by molar-refractivity contribution is 0.171. The van der Waals surface area contributed by atoms with Crippen molar-refractivity contribution in [3.63, 3.8) is 0 Å². The van der Waals surface area contributed by atoms with Crippen LogP contribution in [0.25, 0.3) is 16.6 Å². The first kappa shape index (κ1) is 21.8. The molecule has 2 aromatic carbocycles. The van der Waals surface area contributed by atoms with E-state index in [4.69, 9.17) is 0 Å². The molecule has 3 heterocycles. The minimum atomic E-state index is -0.157. The van der Waals surface area contributed by atoms with Gasteiger partial charge in [-0.05, 0) is 92.1 Å². The van der Waals surface area contributed by atoms with E-state index in [9.17, 15) is 4.39 Å². The molecule has 2 aromatic heterocycles. The Labute approximate surface area is 194 Å². The normalized spacial score (nSPS) is 16.4. The highest BCUT2D eigenvalue weighted by molar-refractivity contribution is 5.85. The maximum Gasteiger partial charge on any atom is 0.123 e. The van der Waals surface area contributed by atoms with Crippen LogP contribution in [-0.4, -0.2) is 44.3 Å². The van der Waals surface area contributed by atoms with Gasteiger partial charge in [-0.15, -0.1) is 10.2 Å². The summed E-state index contributed by atoms with van der Waals surface area (Å²) in [5, 5.41) is 9.13. The van der Waals surface area contributed by atoms with Crippen molar-refractivity contribution >= 4 is 10.9 Å². The number of piperidine rings is 1. The van der Waals surface area contributed by atoms with E-state index in [0.29, 0.717) is 5.92 Å². The number of hydrogen-bond donors (Lipinski definition) is 1. The molecule has 0 saturated carbocycles. The van der Waals surface area contributed by atoms with E-state index in [1.54, 1.807) is 24.8 Å². The molecule has 1 N–H and O–H groups in total. The first-order valence-corrected chi connectivity index (χ1v) is 12.1. The lowest BCUT2D eigenvalue weighted by Gasteiger charge is -2.33. The van der Waals surface area contributed by atoms with E-state index in [0.717, 1.165) is 24.6 Å². The van der Waals surface area contributed by atoms with Crippen LogP contribution in [0.15, 0.2) is 61.3 Å². The molecule has 1 atom stereocenters. The van der Waals surface area contributed by atoms with E-state index in [-0.39, 0.29) is 5.82 Å². The van der Waals surface area contributed by atoms with Gasteiger partial charge in [0, 0.05) is 29.3 Å². The minimum Gasteiger partial charge on any atom is -0.361 e. The highest BCUT2D eigenvalue weighted by atomic mass is 19.1. The summed E-state index contributed by atoms with van der Waals surface area (Å²) in [5.41, 5.74) is 4.90. The Morgan fingerprint density at radius 3 is 2.58 bits per heavy atom. The molecule has 0 radical (unpaired) electrons. The van der Waals surface area contributed by atoms with Crippen LogP contribution in [0.3, 0.4) is 0 Å². The summed E-state index contributed by atoms with van der Waals surface area (Å²) in [6, 6.07) is 13.4. The second-order valence-electron chi connectivity index (χ2n) is 9.50. The number of halogens is 1. The molecule has 1 fully saturated rings. The van der Waals surface area contributed by atoms with Gasteiger partial charge in [-0.3, -0.25) is 4.57 Å². The lowest BCUT2D eigenvalue weighted by atomic mass is 9.90. The number of likely N-dealkylation sites (tertiary alicyclic amines) is 1. The molecule has 0 aliphatic carbocycles. The van der Waals surface area contributed by atoms with Crippen molar-refractivity contribution in [2.45, 2.75) is 44.9 Å². The molecule has 5 rings (SSSR count). The summed E-state index contributed by atoms with van der Waals surface area (Å²) in [7, 11) is 0. The van der Waals surface area contributed by atoms with Crippen LogP contribution in [0, 0.1) is 11.7 Å². The monoisotopic (exact) mass is 445 g/mol. The third-order valence-electron chi connectivity index (χ3n) is 7.20. The van der Waals surface area contributed by atoms with Crippen LogP contribution in [0.5, 0.6) is 0 Å². The van der Waals surface area contributed by atoms with Crippen LogP contribution in [0.1, 0.15) is 49.7 Å². The topological polar surface area (TPSA) is 49.7 Å². The lowest BCUT2D eigenvalue weighted by Crippen LogP contribution is -2.36. The Morgan fingerprint density at radius 1 is 1.06 bits per heavy atom. The maximum atomic E-state index is 13.2. The van der Waals surface area contributed by atoms with Crippen molar-refractivity contribution in [2.75, 3.05) is 19.6 Å². The van der Waals surface area contributed by atoms with Gasteiger partial charge in [0.25, 0.3) is 0 Å². The third-order valence-corrected chi connectivity index (χ3v) is 7.20. The van der Waals surface area contributed by atoms with E-state index < -0.39 is 0 Å². The molecule has 1 saturated heterocycles. The highest BCUT2D eigenvalue weighted by Gasteiger charge is 2.21. The zero-order valence-electron chi connectivity index (χ0n) is 19.3. The van der Waals surface area contributed by atoms with Crippen molar-refractivity contribution in [2.24, 2.45) is 5.92 Å². The number of benzene rings is 2. The Kier molecular flexibility index (Phi) is 6.53. The number of nitrogens with one attached hydrogen (secondary N) is 1. The molecule has 0 unspecified atom stereocenters. The predicted octanol–water partition coefficient (Wildman–Crippen LogP) is 5.73. The first-order chi connectivity index (χ1) is 16.2. The molecule has 1 aliphatic rings. The van der Waals surface area contributed by atoms with Crippen molar-refractivity contribution in [1.29, 1.82) is 0 Å². The fourth-order valence-electron chi connectivity index (χ4n) is 5.19. The molecule has 4 aromatic rings. The Bertz CT molecular complexity index is 1160. The first-order valence-electron chi connectivity index (χ1n) is 12.1. The number of nitrogens with zero attached hydrogens (tertiary/aromatic N) is 4. The standard InChI is InChI=1S/C27H32FN5/c1-20(22-5-7-24(28)8-6-22)17-32-13-11-21(12-14-32)3-2-4-23-16-29-27-10-9-25(15-26(23)27)33-18-30-31-19-33/h5-10,15-16,18-21,29H,2-4,11-14,17H2,1H3/t20-/m1/s1. The molecule has 1 aliphatic heterocycles. The summed E-state index contributed by atoms with van der Waals surface area (Å²) in [6.45, 7) is 5.65. The summed E-state index contributed by atoms with van der Waals surface area (Å²) in [6.07, 6.45) is 11.8. The van der Waals surface area contributed by atoms with Gasteiger partial charge in [-0.2, -0.15) is 0 Å². The van der Waals surface area contributed by atoms with Gasteiger partial charge >= 0.3 is 0 Å². The second-order valence-corrected chi connectivity index (χ2v) is 9.50. The number of fused-ring (bicyclic) bond motifs is 1. The molecule has 5 nitrogen and oxygen atoms in total. The van der Waals surface area contributed by atoms with Crippen LogP contribution < -0.4 is 0 Å². The van der Waals surface area contributed by atoms with Gasteiger partial charge in [-0.25, -0.2) is 4.39 Å². The number of aromatic nitrogens is 4. The van der Waals surface area contributed by atoms with Crippen LogP contribution in [-0.2, 0) is 6.42 Å². The van der Waals surface area contributed by atoms with Gasteiger partial charge in [0.1, 0.15) is 18.5 Å². The summed E-state index contributed by atoms with van der Waals surface area (Å²) in [4.78, 5) is 6.00. The largest absolute Gasteiger partial charge is 0.361 e. The van der Waals surface area contributed by atoms with Crippen molar-refractivity contribution < 1.29 is 4.39 Å². The Hall–Kier alpha value is -2.99. The second kappa shape index (κ2) is 9.87. The number of H-pyrrole nitrogens is 1. The average Bonchev–Trinajstić information content (AvgIpc) is 3.51. The number of rotatable bonds is 8. The highest BCUT2D eigenvalue weighted by Crippen LogP contribution is 2.27. The third kappa shape index (κ3) is 5.17. The zero-order chi connectivity index (χ0) is 22.6. The summed E-state index contributed by atoms with van der Waals surface area (Å²) in [5.74, 6) is 1.10. The smallest absolute Gasteiger partial charge is 0.123 e. The van der Waals surface area contributed by atoms with Gasteiger partial charge in [-0.1, -0.05) is 25.5 Å². The number of aryl methyl sites for hydroxylation is 1. The van der Waals surface area contributed by atoms with E-state index in [1.165, 1.54) is 60.8 Å². The zero-order valence-corrected chi connectivity index (χ0v) is 19.3. The maximum absolute atomic E-state index is 13.2. The molecule has 33 heavy (non-hydrogen) atoms. The number of aromatic amines is 1. The predicted molar refractivity (Wildman–Crippen MR) is 130 cm³/mol. The molecular formula is C27H32FN5. The number of hydrogen-bond acceptors (Lipinski definition) is 3. The van der Waals surface area contributed by atoms with Crippen LogP contribution >= 0.6 is 0 Å². The molecule has 6 heteroatoms. The van der Waals surface area contributed by atoms with Gasteiger partial charge in [0.15, 0.2) is 0 Å². The van der Waals surface area contributed by atoms with E-state index in [2.05, 4.69) is 51.4 Å². The minimum absolute atomic E-state index is 0.157. The van der Waals surface area contributed by atoms with Gasteiger partial charge in [0.05, 0.1) is 0 Å². The average molecular weight is 446 g/mol. The molecule has 0 spiro atoms. The van der Waals surface area contributed by atoms with Crippen molar-refractivity contribution in [3.8, 4) is 5.69 Å². The van der Waals surface area contributed by atoms with E-state index >= 15 is 0 Å². The quantitative estimate of drug-likeness (QED) is 0.377. The molecular weight excluding hydrogens is 413 g/mol. The SMILES string of the molecule is C[C@H](CN1CCC(CCCc2c[nH]c3ccc(-n4cnnc4)cc23)CC1)c1ccc(F)cc1. The summed E-state index contributed by atoms with van der Waals surface area (Å²) >= 11 is 0. The Balaban J connectivity index is 1.10. The van der Waals surface area contributed by atoms with Crippen molar-refractivity contribution in [3.05, 3.63) is 78.3 Å². The van der Waals surface area contributed by atoms with E-state index in [1.807, 2.05) is 16.7 Å². The summed E-state index contributed by atoms with van der Waals surface area (Å²) < 4.78 is 15.1. The van der Waals surface area contributed by atoms with Crippen LogP contribution in [0.2, 0.25) is 0 Å². The fraction of sp³-hybridized carbons (Fsp3) is 0.407. The molecule has 0 bridgehead atoms. The Morgan fingerprint density at radius 2 is 1.82 bits per heavy atom. The van der Waals surface area contributed by atoms with Crippen LogP contribution in [0.4, 0.5) is 4.39 Å². The molecule has 0 amide bonds. The van der Waals surface area contributed by atoms with Gasteiger partial charge < -0.3 is 9.88 Å². The van der Waals surface area contributed by atoms with Crippen molar-refractivity contribution in [1.82, 2.24) is 24.6 Å². The fourth-order valence-corrected chi connectivity index (χ4v) is 5.19. The molecule has 172 valence electrons.